The van der Waals surface area contributed by atoms with Gasteiger partial charge in [0.2, 0.25) is 0 Å². The van der Waals surface area contributed by atoms with Crippen molar-refractivity contribution in [3.63, 3.8) is 0 Å². The minimum absolute atomic E-state index is 0. The molecule has 340 valence electrons. The second-order valence-electron chi connectivity index (χ2n) is 18.8. The van der Waals surface area contributed by atoms with E-state index in [2.05, 4.69) is 273 Å². The third-order valence-corrected chi connectivity index (χ3v) is 15.0. The van der Waals surface area contributed by atoms with E-state index in [4.69, 9.17) is 0 Å². The van der Waals surface area contributed by atoms with Crippen molar-refractivity contribution in [2.75, 3.05) is 0 Å². The van der Waals surface area contributed by atoms with Crippen LogP contribution in [0.15, 0.2) is 249 Å². The Morgan fingerprint density at radius 2 is 0.667 bits per heavy atom. The van der Waals surface area contributed by atoms with Crippen molar-refractivity contribution in [2.24, 2.45) is 0 Å². The molecule has 4 nitrogen and oxygen atoms in total. The fourth-order valence-corrected chi connectivity index (χ4v) is 11.9. The molecular formula is C67H46N4S. The average Bonchev–Trinajstić information content (AvgIpc) is 4.11. The molecule has 0 radical (unpaired) electrons. The SMILES string of the molecule is C1=CCc2c(c3ccc4c5ccccc5n(-c5ccccc5)c4c3n2-c2cc(-c3ccc(-c4ccccc4)cc3)cc(-n3c4ccccc4c4ccc5c6ccccc6n(-c6ccccc6)c5c43)c2)C=C1.S. The number of allylic oxidation sites excluding steroid dienone is 3. The number of nitrogens with zero attached hydrogens (tertiary/aromatic N) is 4. The maximum absolute atomic E-state index is 2.60. The summed E-state index contributed by atoms with van der Waals surface area (Å²) >= 11 is 0. The molecule has 0 fully saturated rings. The zero-order valence-corrected chi connectivity index (χ0v) is 40.2. The molecule has 0 saturated heterocycles. The number of benzene rings is 10. The maximum Gasteiger partial charge on any atom is 0.0788 e. The van der Waals surface area contributed by atoms with Gasteiger partial charge in [0, 0.05) is 78.1 Å². The summed E-state index contributed by atoms with van der Waals surface area (Å²) in [7, 11) is 0. The predicted molar refractivity (Wildman–Crippen MR) is 309 cm³/mol. The van der Waals surface area contributed by atoms with E-state index >= 15 is 0 Å². The fraction of sp³-hybridized carbons (Fsp3) is 0.0149. The number of hydrogen-bond donors (Lipinski definition) is 0. The van der Waals surface area contributed by atoms with Gasteiger partial charge in [0.05, 0.1) is 38.6 Å². The average molecular weight is 939 g/mol. The molecule has 14 aromatic rings. The second-order valence-corrected chi connectivity index (χ2v) is 18.8. The van der Waals surface area contributed by atoms with Crippen molar-refractivity contribution in [3.8, 4) is 45.0 Å². The third kappa shape index (κ3) is 6.21. The number of fused-ring (bicyclic) bond motifs is 14. The standard InChI is InChI=1S/C67H44N4.H2S/c1-5-19-44(20-6-1)45-33-35-46(36-34-45)47-41-50(70-62-29-12-4-11-25-52(62)58-39-37-56-53-26-13-16-30-60(53)68(64(56)66(58)70)48-21-7-2-8-22-48)43-51(42-47)71-63-32-18-15-28-55(63)59-40-38-57-54-27-14-17-31-61(54)69(65(57)67(59)71)49-23-9-3-10-24-49;/h1-28,30-43H,29H2;1H2. The van der Waals surface area contributed by atoms with Gasteiger partial charge in [0.15, 0.2) is 0 Å². The van der Waals surface area contributed by atoms with Crippen LogP contribution in [0.4, 0.5) is 0 Å². The van der Waals surface area contributed by atoms with Crippen molar-refractivity contribution >= 4 is 95.9 Å². The van der Waals surface area contributed by atoms with Crippen LogP contribution in [0.2, 0.25) is 0 Å². The van der Waals surface area contributed by atoms with Crippen LogP contribution < -0.4 is 0 Å². The topological polar surface area (TPSA) is 19.7 Å². The molecule has 10 aromatic carbocycles. The summed E-state index contributed by atoms with van der Waals surface area (Å²) in [5.41, 5.74) is 20.0. The van der Waals surface area contributed by atoms with E-state index in [0.29, 0.717) is 0 Å². The van der Waals surface area contributed by atoms with Crippen molar-refractivity contribution in [3.05, 3.63) is 260 Å². The summed E-state index contributed by atoms with van der Waals surface area (Å²) in [5.74, 6) is 0. The van der Waals surface area contributed by atoms with Crippen LogP contribution in [0.5, 0.6) is 0 Å². The number of aromatic nitrogens is 4. The Morgan fingerprint density at radius 3 is 1.18 bits per heavy atom. The molecule has 0 saturated carbocycles. The highest BCUT2D eigenvalue weighted by Gasteiger charge is 2.26. The van der Waals surface area contributed by atoms with Crippen LogP contribution in [-0.2, 0) is 6.42 Å². The minimum Gasteiger partial charge on any atom is -0.311 e. The van der Waals surface area contributed by atoms with Crippen LogP contribution in [0, 0.1) is 0 Å². The largest absolute Gasteiger partial charge is 0.311 e. The Bertz CT molecular complexity index is 4510. The van der Waals surface area contributed by atoms with Crippen LogP contribution in [0.25, 0.3) is 127 Å². The van der Waals surface area contributed by atoms with E-state index in [1.54, 1.807) is 0 Å². The van der Waals surface area contributed by atoms with Gasteiger partial charge in [-0.05, 0) is 82.9 Å². The molecule has 1 aliphatic carbocycles. The van der Waals surface area contributed by atoms with Gasteiger partial charge in [-0.15, -0.1) is 0 Å². The van der Waals surface area contributed by atoms with Crippen LogP contribution in [0.1, 0.15) is 11.3 Å². The van der Waals surface area contributed by atoms with Crippen molar-refractivity contribution < 1.29 is 0 Å². The Kier molecular flexibility index (Phi) is 9.63. The van der Waals surface area contributed by atoms with Gasteiger partial charge in [-0.25, -0.2) is 0 Å². The first-order chi connectivity index (χ1) is 35.3. The van der Waals surface area contributed by atoms with Crippen molar-refractivity contribution in [1.29, 1.82) is 0 Å². The molecule has 1 aliphatic rings. The highest BCUT2D eigenvalue weighted by Crippen LogP contribution is 2.45. The molecule has 72 heavy (non-hydrogen) atoms. The molecule has 0 unspecified atom stereocenters. The van der Waals surface area contributed by atoms with Crippen LogP contribution in [-0.4, -0.2) is 18.3 Å². The van der Waals surface area contributed by atoms with E-state index in [1.165, 1.54) is 93.2 Å². The van der Waals surface area contributed by atoms with Crippen LogP contribution >= 0.6 is 13.5 Å². The predicted octanol–water partition coefficient (Wildman–Crippen LogP) is 17.5. The molecule has 0 amide bonds. The lowest BCUT2D eigenvalue weighted by Crippen LogP contribution is -2.05. The molecule has 5 heteroatoms. The number of rotatable bonds is 6. The maximum atomic E-state index is 2.60. The Morgan fingerprint density at radius 1 is 0.278 bits per heavy atom. The fourth-order valence-electron chi connectivity index (χ4n) is 11.9. The normalized spacial score (nSPS) is 12.4. The highest BCUT2D eigenvalue weighted by atomic mass is 32.1. The number of para-hydroxylation sites is 5. The zero-order valence-electron chi connectivity index (χ0n) is 39.2. The van der Waals surface area contributed by atoms with Gasteiger partial charge in [0.1, 0.15) is 0 Å². The second kappa shape index (κ2) is 16.6. The van der Waals surface area contributed by atoms with Crippen molar-refractivity contribution in [1.82, 2.24) is 18.3 Å². The van der Waals surface area contributed by atoms with Gasteiger partial charge in [-0.3, -0.25) is 0 Å². The summed E-state index contributed by atoms with van der Waals surface area (Å²) in [6.45, 7) is 0. The molecule has 0 spiro atoms. The summed E-state index contributed by atoms with van der Waals surface area (Å²) in [6, 6.07) is 85.0. The molecule has 15 rings (SSSR count). The Hall–Kier alpha value is -9.03. The summed E-state index contributed by atoms with van der Waals surface area (Å²) in [5, 5.41) is 8.61. The van der Waals surface area contributed by atoms with E-state index in [-0.39, 0.29) is 13.5 Å². The van der Waals surface area contributed by atoms with E-state index in [0.717, 1.165) is 45.8 Å². The van der Waals surface area contributed by atoms with Gasteiger partial charge < -0.3 is 18.3 Å². The zero-order chi connectivity index (χ0) is 46.6. The lowest BCUT2D eigenvalue weighted by atomic mass is 9.99. The first-order valence-electron chi connectivity index (χ1n) is 24.6. The molecule has 0 aliphatic heterocycles. The van der Waals surface area contributed by atoms with Gasteiger partial charge in [-0.2, -0.15) is 13.5 Å². The van der Waals surface area contributed by atoms with Gasteiger partial charge in [-0.1, -0.05) is 194 Å². The molecule has 0 bridgehead atoms. The first kappa shape index (κ1) is 41.9. The Balaban J connectivity index is 0.00000482. The molecule has 4 aromatic heterocycles. The third-order valence-electron chi connectivity index (χ3n) is 15.0. The summed E-state index contributed by atoms with van der Waals surface area (Å²) < 4.78 is 10.1. The Labute approximate surface area is 423 Å². The molecule has 0 atom stereocenters. The quantitative estimate of drug-likeness (QED) is 0.158. The van der Waals surface area contributed by atoms with E-state index in [9.17, 15) is 0 Å². The van der Waals surface area contributed by atoms with Gasteiger partial charge >= 0.3 is 0 Å². The first-order valence-corrected chi connectivity index (χ1v) is 24.6. The highest BCUT2D eigenvalue weighted by molar-refractivity contribution is 7.59. The van der Waals surface area contributed by atoms with E-state index in [1.807, 2.05) is 0 Å². The van der Waals surface area contributed by atoms with Gasteiger partial charge in [0.25, 0.3) is 0 Å². The minimum atomic E-state index is 0. The lowest BCUT2D eigenvalue weighted by molar-refractivity contribution is 0.997. The monoisotopic (exact) mass is 938 g/mol. The molecule has 0 N–H and O–H groups in total. The van der Waals surface area contributed by atoms with Crippen molar-refractivity contribution in [2.45, 2.75) is 6.42 Å². The summed E-state index contributed by atoms with van der Waals surface area (Å²) in [4.78, 5) is 0. The van der Waals surface area contributed by atoms with E-state index < -0.39 is 0 Å². The summed E-state index contributed by atoms with van der Waals surface area (Å²) in [6.07, 6.45) is 9.81. The molecule has 4 heterocycles. The number of hydrogen-bond acceptors (Lipinski definition) is 0. The molecular weight excluding hydrogens is 893 g/mol. The lowest BCUT2D eigenvalue weighted by Gasteiger charge is -2.18. The smallest absolute Gasteiger partial charge is 0.0788 e. The van der Waals surface area contributed by atoms with Crippen LogP contribution in [0.3, 0.4) is 0 Å².